The number of carbonyl (C=O) groups is 1. The lowest BCUT2D eigenvalue weighted by Crippen LogP contribution is -2.27. The third kappa shape index (κ3) is 4.87. The molecule has 1 aromatic carbocycles. The Morgan fingerprint density at radius 3 is 2.93 bits per heavy atom. The Labute approximate surface area is 177 Å². The van der Waals surface area contributed by atoms with Crippen LogP contribution < -0.4 is 0 Å². The van der Waals surface area contributed by atoms with Crippen molar-refractivity contribution in [2.75, 3.05) is 12.8 Å². The number of benzene rings is 1. The molecule has 2 aromatic heterocycles. The highest BCUT2D eigenvalue weighted by Crippen LogP contribution is 2.37. The number of thiophene rings is 1. The first-order valence-corrected chi connectivity index (χ1v) is 11.3. The van der Waals surface area contributed by atoms with Crippen LogP contribution in [0.1, 0.15) is 29.3 Å². The van der Waals surface area contributed by atoms with Crippen molar-refractivity contribution < 1.29 is 13.6 Å². The molecule has 1 atom stereocenters. The van der Waals surface area contributed by atoms with E-state index in [1.165, 1.54) is 40.8 Å². The average molecular weight is 432 g/mol. The van der Waals surface area contributed by atoms with Gasteiger partial charge in [-0.1, -0.05) is 30.8 Å². The fourth-order valence-corrected chi connectivity index (χ4v) is 5.20. The lowest BCUT2D eigenvalue weighted by molar-refractivity contribution is -0.127. The van der Waals surface area contributed by atoms with E-state index in [4.69, 9.17) is 4.42 Å². The molecule has 152 valence electrons. The van der Waals surface area contributed by atoms with Crippen LogP contribution in [0, 0.1) is 11.7 Å². The van der Waals surface area contributed by atoms with Crippen molar-refractivity contribution in [3.05, 3.63) is 52.2 Å². The molecule has 0 radical (unpaired) electrons. The summed E-state index contributed by atoms with van der Waals surface area (Å²) in [6.45, 7) is 2.71. The molecule has 0 spiro atoms. The SMILES string of the molecule is C[C@@H]1CCc2sc(-c3nnc(SCC(=O)N(C)Cc4ccc(F)cc4)o3)cc2C1. The van der Waals surface area contributed by atoms with Crippen LogP contribution in [0.25, 0.3) is 10.8 Å². The van der Waals surface area contributed by atoms with Gasteiger partial charge in [-0.25, -0.2) is 4.39 Å². The molecule has 0 unspecified atom stereocenters. The maximum absolute atomic E-state index is 13.0. The molecule has 0 bridgehead atoms. The van der Waals surface area contributed by atoms with E-state index in [0.717, 1.165) is 29.2 Å². The van der Waals surface area contributed by atoms with Gasteiger partial charge in [0.05, 0.1) is 10.6 Å². The number of halogens is 1. The molecule has 29 heavy (non-hydrogen) atoms. The number of hydrogen-bond acceptors (Lipinski definition) is 6. The zero-order valence-corrected chi connectivity index (χ0v) is 18.0. The van der Waals surface area contributed by atoms with Crippen LogP contribution in [-0.4, -0.2) is 33.8 Å². The van der Waals surface area contributed by atoms with Gasteiger partial charge in [0, 0.05) is 18.5 Å². The Balaban J connectivity index is 1.33. The van der Waals surface area contributed by atoms with Crippen LogP contribution in [0.2, 0.25) is 0 Å². The van der Waals surface area contributed by atoms with Crippen molar-refractivity contribution in [1.29, 1.82) is 0 Å². The van der Waals surface area contributed by atoms with Crippen molar-refractivity contribution in [3.63, 3.8) is 0 Å². The first kappa shape index (κ1) is 20.1. The highest BCUT2D eigenvalue weighted by molar-refractivity contribution is 7.99. The van der Waals surface area contributed by atoms with Gasteiger partial charge in [-0.3, -0.25) is 4.79 Å². The third-order valence-electron chi connectivity index (χ3n) is 5.02. The second-order valence-corrected chi connectivity index (χ2v) is 9.51. The van der Waals surface area contributed by atoms with Gasteiger partial charge in [0.2, 0.25) is 5.91 Å². The minimum absolute atomic E-state index is 0.0559. The zero-order valence-electron chi connectivity index (χ0n) is 16.4. The van der Waals surface area contributed by atoms with Crippen molar-refractivity contribution in [2.45, 2.75) is 38.0 Å². The standard InChI is InChI=1S/C21H22FN3O2S2/c1-13-3-8-17-15(9-13)10-18(29-17)20-23-24-21(27-20)28-12-19(26)25(2)11-14-4-6-16(22)7-5-14/h4-7,10,13H,3,8-9,11-12H2,1-2H3/t13-/m1/s1. The maximum Gasteiger partial charge on any atom is 0.277 e. The summed E-state index contributed by atoms with van der Waals surface area (Å²) >= 11 is 2.96. The van der Waals surface area contributed by atoms with Gasteiger partial charge in [0.1, 0.15) is 5.82 Å². The molecule has 8 heteroatoms. The van der Waals surface area contributed by atoms with Crippen LogP contribution in [0.15, 0.2) is 40.0 Å². The van der Waals surface area contributed by atoms with Crippen LogP contribution in [-0.2, 0) is 24.2 Å². The van der Waals surface area contributed by atoms with Crippen LogP contribution in [0.3, 0.4) is 0 Å². The van der Waals surface area contributed by atoms with E-state index in [0.29, 0.717) is 17.7 Å². The number of aromatic nitrogens is 2. The van der Waals surface area contributed by atoms with Gasteiger partial charge in [-0.15, -0.1) is 21.5 Å². The smallest absolute Gasteiger partial charge is 0.277 e. The fourth-order valence-electron chi connectivity index (χ4n) is 3.36. The summed E-state index contributed by atoms with van der Waals surface area (Å²) in [7, 11) is 1.72. The number of hydrogen-bond donors (Lipinski definition) is 0. The van der Waals surface area contributed by atoms with Crippen molar-refractivity contribution >= 4 is 29.0 Å². The monoisotopic (exact) mass is 431 g/mol. The van der Waals surface area contributed by atoms with Crippen LogP contribution in [0.4, 0.5) is 4.39 Å². The van der Waals surface area contributed by atoms with E-state index >= 15 is 0 Å². The predicted octanol–water partition coefficient (Wildman–Crippen LogP) is 4.81. The Morgan fingerprint density at radius 1 is 1.34 bits per heavy atom. The highest BCUT2D eigenvalue weighted by Gasteiger charge is 2.21. The van der Waals surface area contributed by atoms with Gasteiger partial charge in [0.25, 0.3) is 11.1 Å². The van der Waals surface area contributed by atoms with E-state index in [1.807, 2.05) is 0 Å². The molecule has 1 amide bonds. The number of nitrogens with zero attached hydrogens (tertiary/aromatic N) is 3. The number of fused-ring (bicyclic) bond motifs is 1. The zero-order chi connectivity index (χ0) is 20.4. The molecule has 2 heterocycles. The number of thioether (sulfide) groups is 1. The first-order valence-electron chi connectivity index (χ1n) is 9.54. The predicted molar refractivity (Wildman–Crippen MR) is 112 cm³/mol. The Bertz CT molecular complexity index is 1000. The Morgan fingerprint density at radius 2 is 2.14 bits per heavy atom. The largest absolute Gasteiger partial charge is 0.410 e. The molecular weight excluding hydrogens is 409 g/mol. The van der Waals surface area contributed by atoms with E-state index in [2.05, 4.69) is 23.2 Å². The second-order valence-electron chi connectivity index (χ2n) is 7.45. The summed E-state index contributed by atoms with van der Waals surface area (Å²) in [5.74, 6) is 1.10. The lowest BCUT2D eigenvalue weighted by atomic mass is 9.90. The van der Waals surface area contributed by atoms with Crippen molar-refractivity contribution in [2.24, 2.45) is 5.92 Å². The van der Waals surface area contributed by atoms with E-state index in [-0.39, 0.29) is 17.5 Å². The first-order chi connectivity index (χ1) is 14.0. The summed E-state index contributed by atoms with van der Waals surface area (Å²) in [6.07, 6.45) is 3.45. The van der Waals surface area contributed by atoms with Crippen molar-refractivity contribution in [3.8, 4) is 10.8 Å². The minimum atomic E-state index is -0.286. The molecule has 1 aliphatic rings. The quantitative estimate of drug-likeness (QED) is 0.524. The van der Waals surface area contributed by atoms with Crippen LogP contribution in [0.5, 0.6) is 0 Å². The minimum Gasteiger partial charge on any atom is -0.410 e. The molecule has 0 N–H and O–H groups in total. The summed E-state index contributed by atoms with van der Waals surface area (Å²) in [5, 5.41) is 8.63. The second kappa shape index (κ2) is 8.67. The van der Waals surface area contributed by atoms with Gasteiger partial charge < -0.3 is 9.32 Å². The number of carbonyl (C=O) groups excluding carboxylic acids is 1. The molecule has 0 fully saturated rings. The molecule has 3 aromatic rings. The summed E-state index contributed by atoms with van der Waals surface area (Å²) in [6, 6.07) is 8.31. The summed E-state index contributed by atoms with van der Waals surface area (Å²) < 4.78 is 18.8. The fraction of sp³-hybridized carbons (Fsp3) is 0.381. The molecule has 4 rings (SSSR count). The molecular formula is C21H22FN3O2S2. The van der Waals surface area contributed by atoms with Gasteiger partial charge in [0.15, 0.2) is 0 Å². The van der Waals surface area contributed by atoms with E-state index in [9.17, 15) is 9.18 Å². The Kier molecular flexibility index (Phi) is 6.01. The molecule has 5 nitrogen and oxygen atoms in total. The van der Waals surface area contributed by atoms with Gasteiger partial charge >= 0.3 is 0 Å². The molecule has 0 saturated heterocycles. The molecule has 0 saturated carbocycles. The average Bonchev–Trinajstić information content (AvgIpc) is 3.34. The summed E-state index contributed by atoms with van der Waals surface area (Å²) in [4.78, 5) is 16.4. The highest BCUT2D eigenvalue weighted by atomic mass is 32.2. The maximum atomic E-state index is 13.0. The number of rotatable bonds is 6. The van der Waals surface area contributed by atoms with Gasteiger partial charge in [-0.05, 0) is 54.5 Å². The van der Waals surface area contributed by atoms with Gasteiger partial charge in [-0.2, -0.15) is 0 Å². The van der Waals surface area contributed by atoms with Crippen LogP contribution >= 0.6 is 23.1 Å². The topological polar surface area (TPSA) is 59.2 Å². The number of aryl methyl sites for hydroxylation is 1. The van der Waals surface area contributed by atoms with Crippen molar-refractivity contribution in [1.82, 2.24) is 15.1 Å². The van der Waals surface area contributed by atoms with E-state index in [1.54, 1.807) is 35.4 Å². The third-order valence-corrected chi connectivity index (χ3v) is 7.05. The molecule has 0 aliphatic heterocycles. The number of amides is 1. The van der Waals surface area contributed by atoms with E-state index < -0.39 is 0 Å². The molecule has 1 aliphatic carbocycles. The summed E-state index contributed by atoms with van der Waals surface area (Å²) in [5.41, 5.74) is 2.28. The Hall–Kier alpha value is -2.19. The lowest BCUT2D eigenvalue weighted by Gasteiger charge is -2.16. The normalized spacial score (nSPS) is 15.9.